The number of carbonyl (C=O) groups excluding carboxylic acids is 1. The number of ether oxygens (including phenoxy) is 2. The van der Waals surface area contributed by atoms with Gasteiger partial charge in [-0.3, -0.25) is 19.6 Å². The molecule has 3 N–H and O–H groups in total. The van der Waals surface area contributed by atoms with Gasteiger partial charge in [-0.05, 0) is 42.0 Å². The van der Waals surface area contributed by atoms with Crippen molar-refractivity contribution in [3.63, 3.8) is 0 Å². The van der Waals surface area contributed by atoms with E-state index in [1.807, 2.05) is 9.80 Å². The van der Waals surface area contributed by atoms with E-state index in [0.717, 1.165) is 12.3 Å². The van der Waals surface area contributed by atoms with Crippen LogP contribution >= 0.6 is 0 Å². The molecule has 2 fully saturated rings. The molecule has 4 heterocycles. The molecule has 48 heavy (non-hydrogen) atoms. The number of hydrogen-bond donors (Lipinski definition) is 3. The highest BCUT2D eigenvalue weighted by Gasteiger charge is 2.25. The summed E-state index contributed by atoms with van der Waals surface area (Å²) in [5, 5.41) is 9.27. The average Bonchev–Trinajstić information content (AvgIpc) is 3.07. The summed E-state index contributed by atoms with van der Waals surface area (Å²) in [4.78, 5) is 31.7. The van der Waals surface area contributed by atoms with Crippen molar-refractivity contribution in [2.24, 2.45) is 0 Å². The number of anilines is 3. The van der Waals surface area contributed by atoms with E-state index in [-0.39, 0.29) is 17.1 Å². The molecule has 2 aliphatic heterocycles. The number of sulfonamides is 1. The monoisotopic (exact) mass is 684 g/mol. The van der Waals surface area contributed by atoms with Gasteiger partial charge in [-0.1, -0.05) is 0 Å². The fraction of sp³-hybridized carbons (Fsp3) is 0.355. The number of amides is 1. The maximum Gasteiger partial charge on any atom is 0.274 e. The van der Waals surface area contributed by atoms with Crippen LogP contribution in [0.3, 0.4) is 0 Å². The van der Waals surface area contributed by atoms with Gasteiger partial charge in [0, 0.05) is 68.5 Å². The zero-order valence-electron chi connectivity index (χ0n) is 26.2. The van der Waals surface area contributed by atoms with Crippen LogP contribution in [0.2, 0.25) is 0 Å². The van der Waals surface area contributed by atoms with Crippen molar-refractivity contribution in [3.05, 3.63) is 65.4 Å². The molecular formula is C31H34F2N8O6S. The zero-order valence-corrected chi connectivity index (χ0v) is 27.1. The van der Waals surface area contributed by atoms with E-state index in [2.05, 4.69) is 14.6 Å². The van der Waals surface area contributed by atoms with Gasteiger partial charge in [0.05, 0.1) is 43.5 Å². The summed E-state index contributed by atoms with van der Waals surface area (Å²) in [7, 11) is -2.30. The second-order valence-electron chi connectivity index (χ2n) is 11.5. The number of rotatable bonds is 9. The first-order valence-electron chi connectivity index (χ1n) is 15.1. The molecule has 0 radical (unpaired) electrons. The van der Waals surface area contributed by atoms with Gasteiger partial charge in [0.15, 0.2) is 0 Å². The number of hydrogen-bond acceptors (Lipinski definition) is 12. The second kappa shape index (κ2) is 13.8. The van der Waals surface area contributed by atoms with Crippen LogP contribution in [0, 0.1) is 11.6 Å². The highest BCUT2D eigenvalue weighted by molar-refractivity contribution is 7.92. The van der Waals surface area contributed by atoms with E-state index in [9.17, 15) is 17.6 Å². The Morgan fingerprint density at radius 2 is 1.77 bits per heavy atom. The maximum absolute atomic E-state index is 15.3. The number of hydroxylamine groups is 1. The van der Waals surface area contributed by atoms with E-state index in [1.54, 1.807) is 6.07 Å². The Labute approximate surface area is 275 Å². The molecule has 2 aromatic heterocycles. The Morgan fingerprint density at radius 3 is 2.44 bits per heavy atom. The molecule has 2 aromatic carbocycles. The Balaban J connectivity index is 1.34. The predicted molar refractivity (Wildman–Crippen MR) is 174 cm³/mol. The lowest BCUT2D eigenvalue weighted by Gasteiger charge is -2.36. The van der Waals surface area contributed by atoms with Crippen molar-refractivity contribution >= 4 is 44.2 Å². The van der Waals surface area contributed by atoms with Gasteiger partial charge in [-0.2, -0.15) is 0 Å². The lowest BCUT2D eigenvalue weighted by molar-refractivity contribution is 0.0706. The first-order chi connectivity index (χ1) is 23.0. The van der Waals surface area contributed by atoms with Gasteiger partial charge in [0.25, 0.3) is 5.91 Å². The highest BCUT2D eigenvalue weighted by Crippen LogP contribution is 2.35. The van der Waals surface area contributed by atoms with Gasteiger partial charge >= 0.3 is 0 Å². The van der Waals surface area contributed by atoms with Gasteiger partial charge in [-0.25, -0.2) is 37.6 Å². The number of morpholine rings is 1. The van der Waals surface area contributed by atoms with Crippen LogP contribution in [0.25, 0.3) is 22.2 Å². The number of nitrogens with one attached hydrogen (secondary N) is 2. The predicted octanol–water partition coefficient (Wildman–Crippen LogP) is 2.63. The fourth-order valence-electron chi connectivity index (χ4n) is 5.87. The molecule has 0 aliphatic carbocycles. The smallest absolute Gasteiger partial charge is 0.274 e. The van der Waals surface area contributed by atoms with Gasteiger partial charge in [0.1, 0.15) is 17.3 Å². The standard InChI is InChI=1S/C31H34F2N8O6S/c1-46-30-25(38-48(2,44)45)15-20(17-34-30)27-23-16-22(32)13-21(28(23)36-31(35-27)41-9-11-47-12-10-41)18-39-5-7-40(8-6-39)26-4-3-19(14-24(26)33)29(42)37-43/h3-4,13-17,38,43H,5-12,18H2,1-2H3,(H,37,42). The third-order valence-corrected chi connectivity index (χ3v) is 8.75. The number of methoxy groups -OCH3 is 1. The number of nitrogens with zero attached hydrogens (tertiary/aromatic N) is 6. The lowest BCUT2D eigenvalue weighted by atomic mass is 10.0. The van der Waals surface area contributed by atoms with E-state index < -0.39 is 27.6 Å². The Bertz CT molecular complexity index is 1950. The number of aromatic nitrogens is 3. The SMILES string of the molecule is COc1ncc(-c2nc(N3CCOCC3)nc3c(CN4CCN(c5ccc(C(=O)NO)cc5F)CC4)cc(F)cc23)cc1NS(C)(=O)=O. The molecule has 4 aromatic rings. The topological polar surface area (TPSA) is 162 Å². The fourth-order valence-corrected chi connectivity index (χ4v) is 6.42. The largest absolute Gasteiger partial charge is 0.480 e. The Morgan fingerprint density at radius 1 is 1.02 bits per heavy atom. The normalized spacial score (nSPS) is 15.9. The number of benzene rings is 2. The van der Waals surface area contributed by atoms with Crippen LogP contribution in [0.4, 0.5) is 26.1 Å². The summed E-state index contributed by atoms with van der Waals surface area (Å²) in [5.74, 6) is -1.40. The molecule has 2 saturated heterocycles. The van der Waals surface area contributed by atoms with Crippen molar-refractivity contribution < 1.29 is 36.7 Å². The van der Waals surface area contributed by atoms with Crippen LogP contribution in [0.15, 0.2) is 42.6 Å². The molecule has 17 heteroatoms. The molecule has 2 aliphatic rings. The molecule has 14 nitrogen and oxygen atoms in total. The van der Waals surface area contributed by atoms with Crippen LogP contribution in [-0.2, 0) is 21.3 Å². The minimum atomic E-state index is -3.68. The molecule has 6 rings (SSSR count). The molecule has 0 atom stereocenters. The van der Waals surface area contributed by atoms with Gasteiger partial charge in [0.2, 0.25) is 21.9 Å². The Hall–Kier alpha value is -4.71. The van der Waals surface area contributed by atoms with Gasteiger partial charge < -0.3 is 19.3 Å². The zero-order chi connectivity index (χ0) is 34.0. The summed E-state index contributed by atoms with van der Waals surface area (Å²) in [6, 6.07) is 8.37. The number of piperazine rings is 1. The maximum atomic E-state index is 15.3. The molecule has 0 bridgehead atoms. The summed E-state index contributed by atoms with van der Waals surface area (Å²) in [6.07, 6.45) is 2.51. The molecule has 0 saturated carbocycles. The summed E-state index contributed by atoms with van der Waals surface area (Å²) >= 11 is 0. The molecule has 0 spiro atoms. The quantitative estimate of drug-likeness (QED) is 0.175. The summed E-state index contributed by atoms with van der Waals surface area (Å²) in [6.45, 7) is 4.44. The minimum Gasteiger partial charge on any atom is -0.480 e. The molecule has 254 valence electrons. The third-order valence-electron chi connectivity index (χ3n) is 8.16. The first-order valence-corrected chi connectivity index (χ1v) is 17.0. The highest BCUT2D eigenvalue weighted by atomic mass is 32.2. The number of fused-ring (bicyclic) bond motifs is 1. The van der Waals surface area contributed by atoms with Crippen LogP contribution in [0.1, 0.15) is 15.9 Å². The molecular weight excluding hydrogens is 650 g/mol. The summed E-state index contributed by atoms with van der Waals surface area (Å²) in [5.41, 5.74) is 3.90. The van der Waals surface area contributed by atoms with Crippen molar-refractivity contribution in [2.75, 3.05) is 80.4 Å². The van der Waals surface area contributed by atoms with Crippen LogP contribution in [-0.4, -0.2) is 105 Å². The van der Waals surface area contributed by atoms with Crippen molar-refractivity contribution in [1.29, 1.82) is 0 Å². The minimum absolute atomic E-state index is 0.00137. The van der Waals surface area contributed by atoms with Crippen molar-refractivity contribution in [1.82, 2.24) is 25.3 Å². The van der Waals surface area contributed by atoms with E-state index in [4.69, 9.17) is 24.6 Å². The Kier molecular flexibility index (Phi) is 9.54. The average molecular weight is 685 g/mol. The van der Waals surface area contributed by atoms with Crippen LogP contribution in [0.5, 0.6) is 5.88 Å². The molecule has 0 unspecified atom stereocenters. The van der Waals surface area contributed by atoms with Gasteiger partial charge in [-0.15, -0.1) is 0 Å². The van der Waals surface area contributed by atoms with E-state index >= 15 is 4.39 Å². The van der Waals surface area contributed by atoms with E-state index in [1.165, 1.54) is 43.1 Å². The number of carbonyl (C=O) groups is 1. The van der Waals surface area contributed by atoms with E-state index in [0.29, 0.717) is 98.4 Å². The second-order valence-corrected chi connectivity index (χ2v) is 13.2. The summed E-state index contributed by atoms with van der Waals surface area (Å²) < 4.78 is 67.6. The third kappa shape index (κ3) is 7.23. The number of pyridine rings is 1. The molecule has 1 amide bonds. The number of halogens is 2. The van der Waals surface area contributed by atoms with Crippen molar-refractivity contribution in [2.45, 2.75) is 6.54 Å². The van der Waals surface area contributed by atoms with Crippen LogP contribution < -0.4 is 24.7 Å². The lowest BCUT2D eigenvalue weighted by Crippen LogP contribution is -2.46. The van der Waals surface area contributed by atoms with Crippen molar-refractivity contribution in [3.8, 4) is 17.1 Å². The first kappa shape index (κ1) is 33.2.